The van der Waals surface area contributed by atoms with Gasteiger partial charge in [-0.15, -0.1) is 0 Å². The van der Waals surface area contributed by atoms with Crippen LogP contribution in [0.1, 0.15) is 11.1 Å². The number of rotatable bonds is 3. The van der Waals surface area contributed by atoms with Crippen molar-refractivity contribution in [3.05, 3.63) is 42.5 Å². The summed E-state index contributed by atoms with van der Waals surface area (Å²) in [6.45, 7) is 7.20. The van der Waals surface area contributed by atoms with Gasteiger partial charge < -0.3 is 9.84 Å². The van der Waals surface area contributed by atoms with Gasteiger partial charge in [-0.2, -0.15) is 0 Å². The smallest absolute Gasteiger partial charge is 0.449 e. The number of benzene rings is 1. The maximum Gasteiger partial charge on any atom is 0.511 e. The van der Waals surface area contributed by atoms with Crippen molar-refractivity contribution in [1.82, 2.24) is 0 Å². The minimum Gasteiger partial charge on any atom is -0.449 e. The Balaban J connectivity index is 3.21. The van der Waals surface area contributed by atoms with Gasteiger partial charge in [-0.3, -0.25) is 0 Å². The average Bonchev–Trinajstić information content (AvgIpc) is 2.16. The van der Waals surface area contributed by atoms with Crippen LogP contribution in [-0.2, 0) is 0 Å². The summed E-state index contributed by atoms with van der Waals surface area (Å²) in [5, 5.41) is 8.47. The summed E-state index contributed by atoms with van der Waals surface area (Å²) >= 11 is 0. The molecule has 0 aromatic heterocycles. The van der Waals surface area contributed by atoms with Crippen molar-refractivity contribution in [2.24, 2.45) is 0 Å². The van der Waals surface area contributed by atoms with Crippen molar-refractivity contribution in [3.8, 4) is 5.75 Å². The van der Waals surface area contributed by atoms with Crippen molar-refractivity contribution in [1.29, 1.82) is 0 Å². The van der Waals surface area contributed by atoms with Gasteiger partial charge in [0.1, 0.15) is 5.75 Å². The van der Waals surface area contributed by atoms with Crippen LogP contribution in [0.4, 0.5) is 4.79 Å². The number of ether oxygens (including phenoxy) is 1. The Labute approximate surface area is 81.9 Å². The molecule has 0 amide bonds. The van der Waals surface area contributed by atoms with Gasteiger partial charge in [0, 0.05) is 5.56 Å². The van der Waals surface area contributed by atoms with Crippen LogP contribution in [-0.4, -0.2) is 11.3 Å². The molecule has 1 aromatic carbocycles. The van der Waals surface area contributed by atoms with E-state index >= 15 is 0 Å². The first-order valence-corrected chi connectivity index (χ1v) is 3.97. The highest BCUT2D eigenvalue weighted by Gasteiger charge is 2.07. The third kappa shape index (κ3) is 2.01. The van der Waals surface area contributed by atoms with Crippen LogP contribution in [0.15, 0.2) is 31.4 Å². The first-order chi connectivity index (χ1) is 6.69. The molecule has 0 aliphatic rings. The fraction of sp³-hybridized carbons (Fsp3) is 0. The SMILES string of the molecule is C=Cc1cccc(OC(=O)O)c1C=C. The van der Waals surface area contributed by atoms with Crippen LogP contribution in [0.5, 0.6) is 5.75 Å². The van der Waals surface area contributed by atoms with Gasteiger partial charge in [0.2, 0.25) is 0 Å². The predicted octanol–water partition coefficient (Wildman–Crippen LogP) is 3.03. The molecule has 0 fully saturated rings. The fourth-order valence-electron chi connectivity index (χ4n) is 1.14. The van der Waals surface area contributed by atoms with Gasteiger partial charge in [-0.1, -0.05) is 37.4 Å². The summed E-state index contributed by atoms with van der Waals surface area (Å²) in [5.41, 5.74) is 1.42. The summed E-state index contributed by atoms with van der Waals surface area (Å²) in [6, 6.07) is 5.07. The number of carbonyl (C=O) groups is 1. The standard InChI is InChI=1S/C11H10O3/c1-3-8-6-5-7-10(9(8)4-2)14-11(12)13/h3-7H,1-2H2,(H,12,13). The summed E-state index contributed by atoms with van der Waals surface area (Å²) in [7, 11) is 0. The Kier molecular flexibility index (Phi) is 3.07. The maximum atomic E-state index is 10.4. The zero-order valence-corrected chi connectivity index (χ0v) is 7.56. The van der Waals surface area contributed by atoms with E-state index in [1.807, 2.05) is 0 Å². The second-order valence-electron chi connectivity index (χ2n) is 2.54. The zero-order valence-electron chi connectivity index (χ0n) is 7.56. The van der Waals surface area contributed by atoms with E-state index in [-0.39, 0.29) is 5.75 Å². The van der Waals surface area contributed by atoms with Gasteiger partial charge in [-0.25, -0.2) is 4.79 Å². The Morgan fingerprint density at radius 1 is 1.36 bits per heavy atom. The Morgan fingerprint density at radius 2 is 2.07 bits per heavy atom. The molecule has 1 rings (SSSR count). The molecule has 3 nitrogen and oxygen atoms in total. The average molecular weight is 190 g/mol. The van der Waals surface area contributed by atoms with Crippen LogP contribution in [0.25, 0.3) is 12.2 Å². The lowest BCUT2D eigenvalue weighted by Crippen LogP contribution is -2.04. The summed E-state index contributed by atoms with van der Waals surface area (Å²) in [5.74, 6) is 0.268. The first-order valence-electron chi connectivity index (χ1n) is 3.97. The zero-order chi connectivity index (χ0) is 10.6. The van der Waals surface area contributed by atoms with Gasteiger partial charge >= 0.3 is 6.16 Å². The van der Waals surface area contributed by atoms with Crippen LogP contribution in [0, 0.1) is 0 Å². The van der Waals surface area contributed by atoms with E-state index in [4.69, 9.17) is 5.11 Å². The molecule has 14 heavy (non-hydrogen) atoms. The molecular formula is C11H10O3. The van der Waals surface area contributed by atoms with E-state index < -0.39 is 6.16 Å². The molecule has 1 N–H and O–H groups in total. The van der Waals surface area contributed by atoms with E-state index in [0.717, 1.165) is 5.56 Å². The lowest BCUT2D eigenvalue weighted by molar-refractivity contribution is 0.144. The largest absolute Gasteiger partial charge is 0.511 e. The summed E-state index contributed by atoms with van der Waals surface area (Å²) in [4.78, 5) is 10.4. The first kappa shape index (κ1) is 10.1. The third-order valence-corrected chi connectivity index (χ3v) is 1.72. The molecule has 0 bridgehead atoms. The molecule has 0 aliphatic heterocycles. The van der Waals surface area contributed by atoms with E-state index in [2.05, 4.69) is 17.9 Å². The highest BCUT2D eigenvalue weighted by Crippen LogP contribution is 2.24. The van der Waals surface area contributed by atoms with Crippen LogP contribution < -0.4 is 4.74 Å². The predicted molar refractivity (Wildman–Crippen MR) is 55.3 cm³/mol. The van der Waals surface area contributed by atoms with Crippen LogP contribution >= 0.6 is 0 Å². The summed E-state index contributed by atoms with van der Waals surface area (Å²) < 4.78 is 4.58. The minimum atomic E-state index is -1.34. The van der Waals surface area contributed by atoms with E-state index in [1.54, 1.807) is 24.3 Å². The number of hydrogen-bond acceptors (Lipinski definition) is 2. The van der Waals surface area contributed by atoms with Crippen molar-refractivity contribution < 1.29 is 14.6 Å². The normalized spacial score (nSPS) is 9.14. The van der Waals surface area contributed by atoms with Gasteiger partial charge in [0.15, 0.2) is 0 Å². The van der Waals surface area contributed by atoms with E-state index in [1.165, 1.54) is 6.08 Å². The maximum absolute atomic E-state index is 10.4. The Bertz CT molecular complexity index is 380. The molecule has 1 aromatic rings. The fourth-order valence-corrected chi connectivity index (χ4v) is 1.14. The molecule has 0 unspecified atom stereocenters. The highest BCUT2D eigenvalue weighted by atomic mass is 16.7. The Hall–Kier alpha value is -2.03. The summed E-state index contributed by atoms with van der Waals surface area (Å²) in [6.07, 6.45) is 1.82. The molecule has 0 heterocycles. The lowest BCUT2D eigenvalue weighted by atomic mass is 10.1. The molecule has 72 valence electrons. The molecule has 0 saturated heterocycles. The second-order valence-corrected chi connectivity index (χ2v) is 2.54. The molecule has 0 radical (unpaired) electrons. The van der Waals surface area contributed by atoms with Crippen molar-refractivity contribution in [3.63, 3.8) is 0 Å². The van der Waals surface area contributed by atoms with Crippen LogP contribution in [0.3, 0.4) is 0 Å². The van der Waals surface area contributed by atoms with Crippen molar-refractivity contribution in [2.75, 3.05) is 0 Å². The monoisotopic (exact) mass is 190 g/mol. The molecule has 0 atom stereocenters. The third-order valence-electron chi connectivity index (χ3n) is 1.72. The topological polar surface area (TPSA) is 46.5 Å². The molecular weight excluding hydrogens is 180 g/mol. The minimum absolute atomic E-state index is 0.268. The second kappa shape index (κ2) is 4.28. The Morgan fingerprint density at radius 3 is 2.57 bits per heavy atom. The van der Waals surface area contributed by atoms with Crippen molar-refractivity contribution in [2.45, 2.75) is 0 Å². The molecule has 0 saturated carbocycles. The van der Waals surface area contributed by atoms with E-state index in [9.17, 15) is 4.79 Å². The molecule has 3 heteroatoms. The lowest BCUT2D eigenvalue weighted by Gasteiger charge is -2.06. The van der Waals surface area contributed by atoms with E-state index in [0.29, 0.717) is 5.56 Å². The van der Waals surface area contributed by atoms with Gasteiger partial charge in [0.25, 0.3) is 0 Å². The molecule has 0 spiro atoms. The number of hydrogen-bond donors (Lipinski definition) is 1. The number of carboxylic acid groups (broad SMARTS) is 1. The van der Waals surface area contributed by atoms with Crippen molar-refractivity contribution >= 4 is 18.3 Å². The van der Waals surface area contributed by atoms with Gasteiger partial charge in [-0.05, 0) is 11.6 Å². The highest BCUT2D eigenvalue weighted by molar-refractivity contribution is 5.72. The van der Waals surface area contributed by atoms with Crippen LogP contribution in [0.2, 0.25) is 0 Å². The van der Waals surface area contributed by atoms with Gasteiger partial charge in [0.05, 0.1) is 0 Å². The quantitative estimate of drug-likeness (QED) is 0.588. The molecule has 0 aliphatic carbocycles.